The molecule has 4 aromatic rings. The Kier molecular flexibility index (Phi) is 6.20. The molecule has 1 N–H and O–H groups in total. The van der Waals surface area contributed by atoms with E-state index in [2.05, 4.69) is 20.2 Å². The first kappa shape index (κ1) is 23.8. The molecule has 4 heterocycles. The average Bonchev–Trinajstić information content (AvgIpc) is 3.75. The van der Waals surface area contributed by atoms with E-state index in [1.165, 1.54) is 0 Å². The third-order valence-electron chi connectivity index (χ3n) is 7.47. The van der Waals surface area contributed by atoms with Gasteiger partial charge in [0, 0.05) is 36.6 Å². The number of hydrogen-bond donors (Lipinski definition) is 1. The normalized spacial score (nSPS) is 17.3. The van der Waals surface area contributed by atoms with Crippen LogP contribution in [-0.4, -0.2) is 51.8 Å². The van der Waals surface area contributed by atoms with Gasteiger partial charge in [-0.25, -0.2) is 9.97 Å². The van der Waals surface area contributed by atoms with Crippen LogP contribution in [0.5, 0.6) is 11.8 Å². The summed E-state index contributed by atoms with van der Waals surface area (Å²) in [4.78, 5) is 21.1. The van der Waals surface area contributed by atoms with E-state index in [9.17, 15) is 0 Å². The molecule has 2 aliphatic heterocycles. The van der Waals surface area contributed by atoms with Gasteiger partial charge in [0.25, 0.3) is 0 Å². The largest absolute Gasteiger partial charge is 0.473 e. The minimum Gasteiger partial charge on any atom is -0.473 e. The fraction of sp³-hybridized carbons (Fsp3) is 0.333. The summed E-state index contributed by atoms with van der Waals surface area (Å²) < 4.78 is 17.9. The third kappa shape index (κ3) is 5.22. The minimum absolute atomic E-state index is 0.00593. The SMILES string of the molecule is c1ccc(COc2ccnc(Nc3ccc(-c4nc5c(c(N6CCOCC6)n4)CCC4(CC4)O5)cc3)n2)cc1. The summed E-state index contributed by atoms with van der Waals surface area (Å²) in [6, 6.07) is 19.8. The Morgan fingerprint density at radius 1 is 0.897 bits per heavy atom. The van der Waals surface area contributed by atoms with Crippen LogP contribution in [0.3, 0.4) is 0 Å². The van der Waals surface area contributed by atoms with Gasteiger partial charge in [0.2, 0.25) is 17.7 Å². The molecule has 0 amide bonds. The molecule has 0 unspecified atom stereocenters. The number of fused-ring (bicyclic) bond motifs is 1. The van der Waals surface area contributed by atoms with Crippen LogP contribution >= 0.6 is 0 Å². The van der Waals surface area contributed by atoms with Crippen LogP contribution in [0.2, 0.25) is 0 Å². The van der Waals surface area contributed by atoms with Crippen LogP contribution in [0.25, 0.3) is 11.4 Å². The minimum atomic E-state index is -0.00593. The van der Waals surface area contributed by atoms with Crippen LogP contribution in [0, 0.1) is 0 Å². The Bertz CT molecular complexity index is 1450. The van der Waals surface area contributed by atoms with Crippen molar-refractivity contribution in [2.24, 2.45) is 0 Å². The van der Waals surface area contributed by atoms with E-state index in [0.717, 1.165) is 72.8 Å². The summed E-state index contributed by atoms with van der Waals surface area (Å²) in [6.45, 7) is 3.51. The molecule has 9 nitrogen and oxygen atoms in total. The van der Waals surface area contributed by atoms with Gasteiger partial charge in [0.1, 0.15) is 18.0 Å². The molecule has 0 radical (unpaired) electrons. The Hall–Kier alpha value is -4.24. The summed E-state index contributed by atoms with van der Waals surface area (Å²) >= 11 is 0. The highest BCUT2D eigenvalue weighted by molar-refractivity contribution is 5.66. The monoisotopic (exact) mass is 522 g/mol. The third-order valence-corrected chi connectivity index (χ3v) is 7.47. The number of nitrogens with zero attached hydrogens (tertiary/aromatic N) is 5. The van der Waals surface area contributed by atoms with E-state index in [1.807, 2.05) is 54.6 Å². The van der Waals surface area contributed by atoms with Crippen molar-refractivity contribution in [3.05, 3.63) is 78.0 Å². The zero-order chi connectivity index (χ0) is 26.1. The lowest BCUT2D eigenvalue weighted by Gasteiger charge is -2.33. The van der Waals surface area contributed by atoms with Gasteiger partial charge in [-0.2, -0.15) is 9.97 Å². The highest BCUT2D eigenvalue weighted by Crippen LogP contribution is 2.49. The molecular weight excluding hydrogens is 492 g/mol. The first-order valence-electron chi connectivity index (χ1n) is 13.5. The van der Waals surface area contributed by atoms with Crippen LogP contribution in [0.1, 0.15) is 30.4 Å². The summed E-state index contributed by atoms with van der Waals surface area (Å²) in [6.07, 6.45) is 5.91. The first-order valence-corrected chi connectivity index (χ1v) is 13.5. The highest BCUT2D eigenvalue weighted by atomic mass is 16.5. The first-order chi connectivity index (χ1) is 19.2. The van der Waals surface area contributed by atoms with Crippen molar-refractivity contribution in [3.63, 3.8) is 0 Å². The topological polar surface area (TPSA) is 94.5 Å². The van der Waals surface area contributed by atoms with E-state index in [1.54, 1.807) is 12.3 Å². The van der Waals surface area contributed by atoms with Crippen molar-refractivity contribution < 1.29 is 14.2 Å². The van der Waals surface area contributed by atoms with Gasteiger partial charge in [0.05, 0.1) is 18.8 Å². The second-order valence-corrected chi connectivity index (χ2v) is 10.2. The molecule has 198 valence electrons. The van der Waals surface area contributed by atoms with E-state index >= 15 is 0 Å². The predicted molar refractivity (Wildman–Crippen MR) is 148 cm³/mol. The molecule has 0 atom stereocenters. The molecular formula is C30H30N6O3. The fourth-order valence-electron chi connectivity index (χ4n) is 5.07. The Morgan fingerprint density at radius 3 is 2.51 bits per heavy atom. The van der Waals surface area contributed by atoms with E-state index in [4.69, 9.17) is 24.2 Å². The quantitative estimate of drug-likeness (QED) is 0.362. The fourth-order valence-corrected chi connectivity index (χ4v) is 5.07. The van der Waals surface area contributed by atoms with Gasteiger partial charge >= 0.3 is 0 Å². The van der Waals surface area contributed by atoms with Crippen molar-refractivity contribution >= 4 is 17.5 Å². The van der Waals surface area contributed by atoms with Gasteiger partial charge in [-0.3, -0.25) is 0 Å². The molecule has 9 heteroatoms. The number of hydrogen-bond acceptors (Lipinski definition) is 9. The summed E-state index contributed by atoms with van der Waals surface area (Å²) in [7, 11) is 0. The molecule has 2 aromatic carbocycles. The number of benzene rings is 2. The zero-order valence-electron chi connectivity index (χ0n) is 21.7. The Balaban J connectivity index is 1.10. The zero-order valence-corrected chi connectivity index (χ0v) is 21.7. The lowest BCUT2D eigenvalue weighted by atomic mass is 10.0. The molecule has 1 spiro atoms. The Morgan fingerprint density at radius 2 is 1.72 bits per heavy atom. The Labute approximate surface area is 227 Å². The maximum absolute atomic E-state index is 6.44. The second kappa shape index (κ2) is 10.1. The molecule has 7 rings (SSSR count). The number of ether oxygens (including phenoxy) is 3. The highest BCUT2D eigenvalue weighted by Gasteiger charge is 2.48. The van der Waals surface area contributed by atoms with Gasteiger partial charge in [-0.05, 0) is 55.5 Å². The second-order valence-electron chi connectivity index (χ2n) is 10.2. The molecule has 1 saturated heterocycles. The molecule has 0 bridgehead atoms. The number of nitrogens with one attached hydrogen (secondary N) is 1. The van der Waals surface area contributed by atoms with Crippen molar-refractivity contribution in [2.75, 3.05) is 36.5 Å². The van der Waals surface area contributed by atoms with Gasteiger partial charge in [-0.15, -0.1) is 0 Å². The average molecular weight is 523 g/mol. The summed E-state index contributed by atoms with van der Waals surface area (Å²) in [5.41, 5.74) is 3.99. The van der Waals surface area contributed by atoms with Crippen molar-refractivity contribution in [3.8, 4) is 23.1 Å². The predicted octanol–water partition coefficient (Wildman–Crippen LogP) is 4.95. The van der Waals surface area contributed by atoms with Crippen LogP contribution < -0.4 is 19.7 Å². The smallest absolute Gasteiger partial charge is 0.230 e. The van der Waals surface area contributed by atoms with E-state index in [0.29, 0.717) is 37.5 Å². The van der Waals surface area contributed by atoms with Gasteiger partial charge in [-0.1, -0.05) is 30.3 Å². The standard InChI is InChI=1S/C30H30N6O3/c1-2-4-21(5-3-1)20-38-25-11-15-31-29(33-25)32-23-8-6-22(7-9-23)26-34-27(36-16-18-37-19-17-36)24-10-12-30(13-14-30)39-28(24)35-26/h1-9,11,15H,10,12-14,16-20H2,(H,31,32,33). The molecule has 3 aliphatic rings. The van der Waals surface area contributed by atoms with Crippen LogP contribution in [0.4, 0.5) is 17.5 Å². The lowest BCUT2D eigenvalue weighted by Crippen LogP contribution is -2.38. The lowest BCUT2D eigenvalue weighted by molar-refractivity contribution is 0.121. The molecule has 39 heavy (non-hydrogen) atoms. The maximum Gasteiger partial charge on any atom is 0.230 e. The van der Waals surface area contributed by atoms with Gasteiger partial charge < -0.3 is 24.4 Å². The molecule has 2 fully saturated rings. The van der Waals surface area contributed by atoms with E-state index in [-0.39, 0.29) is 5.60 Å². The number of anilines is 3. The van der Waals surface area contributed by atoms with Crippen LogP contribution in [0.15, 0.2) is 66.9 Å². The van der Waals surface area contributed by atoms with Crippen molar-refractivity contribution in [1.82, 2.24) is 19.9 Å². The van der Waals surface area contributed by atoms with Crippen molar-refractivity contribution in [1.29, 1.82) is 0 Å². The number of morpholine rings is 1. The van der Waals surface area contributed by atoms with E-state index < -0.39 is 0 Å². The van der Waals surface area contributed by atoms with Crippen molar-refractivity contribution in [2.45, 2.75) is 37.9 Å². The van der Waals surface area contributed by atoms with Gasteiger partial charge in [0.15, 0.2) is 5.82 Å². The van der Waals surface area contributed by atoms with Crippen LogP contribution in [-0.2, 0) is 17.8 Å². The summed E-state index contributed by atoms with van der Waals surface area (Å²) in [5, 5.41) is 3.26. The number of rotatable bonds is 7. The maximum atomic E-state index is 6.44. The molecule has 1 aliphatic carbocycles. The summed E-state index contributed by atoms with van der Waals surface area (Å²) in [5.74, 6) is 3.38. The molecule has 2 aromatic heterocycles. The molecule has 1 saturated carbocycles. The number of aromatic nitrogens is 4.